The van der Waals surface area contributed by atoms with E-state index in [4.69, 9.17) is 14.2 Å². The fourth-order valence-electron chi connectivity index (χ4n) is 1.56. The van der Waals surface area contributed by atoms with Crippen molar-refractivity contribution in [3.8, 4) is 11.5 Å². The van der Waals surface area contributed by atoms with Crippen LogP contribution >= 0.6 is 0 Å². The lowest BCUT2D eigenvalue weighted by Crippen LogP contribution is -2.28. The number of hydrogen-bond donors (Lipinski definition) is 1. The third-order valence-corrected chi connectivity index (χ3v) is 2.55. The Morgan fingerprint density at radius 1 is 1.41 bits per heavy atom. The van der Waals surface area contributed by atoms with E-state index in [2.05, 4.69) is 5.32 Å². The van der Waals surface area contributed by atoms with Crippen molar-refractivity contribution in [1.29, 1.82) is 0 Å². The van der Waals surface area contributed by atoms with E-state index in [0.717, 1.165) is 0 Å². The quantitative estimate of drug-likeness (QED) is 0.771. The van der Waals surface area contributed by atoms with Gasteiger partial charge in [-0.15, -0.1) is 0 Å². The Labute approximate surface area is 99.7 Å². The van der Waals surface area contributed by atoms with Gasteiger partial charge in [-0.05, 0) is 12.1 Å². The van der Waals surface area contributed by atoms with Crippen molar-refractivity contribution in [1.82, 2.24) is 5.32 Å². The monoisotopic (exact) mass is 237 g/mol. The van der Waals surface area contributed by atoms with E-state index in [1.165, 1.54) is 14.2 Å². The molecule has 0 unspecified atom stereocenters. The van der Waals surface area contributed by atoms with Crippen LogP contribution in [0.1, 0.15) is 10.4 Å². The molecule has 1 aromatic carbocycles. The lowest BCUT2D eigenvalue weighted by atomic mass is 10.1. The Kier molecular flexibility index (Phi) is 3.49. The highest BCUT2D eigenvalue weighted by Crippen LogP contribution is 2.27. The number of methoxy groups -OCH3 is 2. The van der Waals surface area contributed by atoms with Crippen LogP contribution in [0, 0.1) is 0 Å². The van der Waals surface area contributed by atoms with Gasteiger partial charge in [-0.25, -0.2) is 0 Å². The summed E-state index contributed by atoms with van der Waals surface area (Å²) < 4.78 is 15.3. The van der Waals surface area contributed by atoms with E-state index in [0.29, 0.717) is 30.2 Å². The minimum atomic E-state index is -0.213. The van der Waals surface area contributed by atoms with Gasteiger partial charge >= 0.3 is 0 Å². The molecule has 1 heterocycles. The van der Waals surface area contributed by atoms with E-state index < -0.39 is 0 Å². The Morgan fingerprint density at radius 3 is 2.47 bits per heavy atom. The number of benzene rings is 1. The van der Waals surface area contributed by atoms with Crippen LogP contribution < -0.4 is 14.8 Å². The van der Waals surface area contributed by atoms with Gasteiger partial charge in [0, 0.05) is 6.54 Å². The second-order valence-corrected chi connectivity index (χ2v) is 3.70. The largest absolute Gasteiger partial charge is 0.496 e. The number of ether oxygens (including phenoxy) is 3. The lowest BCUT2D eigenvalue weighted by Gasteiger charge is -2.12. The molecule has 0 spiro atoms. The van der Waals surface area contributed by atoms with Gasteiger partial charge in [0.15, 0.2) is 0 Å². The molecule has 5 nitrogen and oxygen atoms in total. The van der Waals surface area contributed by atoms with Gasteiger partial charge in [0.1, 0.15) is 17.1 Å². The molecule has 0 aromatic heterocycles. The lowest BCUT2D eigenvalue weighted by molar-refractivity contribution is 0.0944. The number of carbonyl (C=O) groups is 1. The summed E-state index contributed by atoms with van der Waals surface area (Å²) in [5.74, 6) is 0.784. The molecule has 1 aromatic rings. The fraction of sp³-hybridized carbons (Fsp3) is 0.417. The maximum Gasteiger partial charge on any atom is 0.258 e. The average Bonchev–Trinajstić information content (AvgIpc) is 3.18. The predicted octanol–water partition coefficient (Wildman–Crippen LogP) is 0.832. The number of carbonyl (C=O) groups excluding carboxylic acids is 1. The number of amides is 1. The van der Waals surface area contributed by atoms with Crippen molar-refractivity contribution in [2.45, 2.75) is 6.10 Å². The average molecular weight is 237 g/mol. The highest BCUT2D eigenvalue weighted by atomic mass is 16.6. The van der Waals surface area contributed by atoms with Gasteiger partial charge in [-0.3, -0.25) is 4.79 Å². The second-order valence-electron chi connectivity index (χ2n) is 3.70. The molecule has 0 saturated carbocycles. The normalized spacial score (nSPS) is 17.4. The first-order valence-corrected chi connectivity index (χ1v) is 5.37. The molecule has 17 heavy (non-hydrogen) atoms. The molecular weight excluding hydrogens is 222 g/mol. The molecule has 0 radical (unpaired) electrons. The van der Waals surface area contributed by atoms with Crippen LogP contribution in [0.15, 0.2) is 18.2 Å². The highest BCUT2D eigenvalue weighted by Gasteiger charge is 2.25. The smallest absolute Gasteiger partial charge is 0.258 e. The maximum absolute atomic E-state index is 12.0. The Hall–Kier alpha value is -1.75. The predicted molar refractivity (Wildman–Crippen MR) is 61.6 cm³/mol. The van der Waals surface area contributed by atoms with Crippen molar-refractivity contribution < 1.29 is 19.0 Å². The van der Waals surface area contributed by atoms with Crippen molar-refractivity contribution >= 4 is 5.91 Å². The summed E-state index contributed by atoms with van der Waals surface area (Å²) in [6.45, 7) is 1.23. The number of nitrogens with one attached hydrogen (secondary N) is 1. The summed E-state index contributed by atoms with van der Waals surface area (Å²) in [5, 5.41) is 2.79. The van der Waals surface area contributed by atoms with Gasteiger partial charge in [-0.2, -0.15) is 0 Å². The number of rotatable bonds is 5. The van der Waals surface area contributed by atoms with Gasteiger partial charge < -0.3 is 19.5 Å². The standard InChI is InChI=1S/C12H15NO4/c1-15-9-4-3-5-10(16-2)11(9)12(14)13-6-8-7-17-8/h3-5,8H,6-7H2,1-2H3,(H,13,14)/t8-/m0/s1. The molecule has 1 N–H and O–H groups in total. The molecule has 0 bridgehead atoms. The zero-order valence-corrected chi connectivity index (χ0v) is 9.86. The summed E-state index contributed by atoms with van der Waals surface area (Å²) in [6.07, 6.45) is 0.152. The molecule has 1 saturated heterocycles. The zero-order valence-electron chi connectivity index (χ0n) is 9.86. The summed E-state index contributed by atoms with van der Waals surface area (Å²) >= 11 is 0. The van der Waals surface area contributed by atoms with E-state index in [1.807, 2.05) is 0 Å². The minimum absolute atomic E-state index is 0.152. The van der Waals surface area contributed by atoms with E-state index in [1.54, 1.807) is 18.2 Å². The van der Waals surface area contributed by atoms with E-state index in [9.17, 15) is 4.79 Å². The van der Waals surface area contributed by atoms with Crippen LogP contribution in [0.3, 0.4) is 0 Å². The molecule has 1 aliphatic heterocycles. The van der Waals surface area contributed by atoms with E-state index >= 15 is 0 Å². The third kappa shape index (κ3) is 2.68. The Morgan fingerprint density at radius 2 is 2.00 bits per heavy atom. The molecule has 1 fully saturated rings. The van der Waals surface area contributed by atoms with Crippen LogP contribution in [0.4, 0.5) is 0 Å². The van der Waals surface area contributed by atoms with Crippen LogP contribution in [0.5, 0.6) is 11.5 Å². The first kappa shape index (κ1) is 11.7. The van der Waals surface area contributed by atoms with E-state index in [-0.39, 0.29) is 12.0 Å². The van der Waals surface area contributed by atoms with Crippen molar-refractivity contribution in [3.05, 3.63) is 23.8 Å². The van der Waals surface area contributed by atoms with Crippen molar-refractivity contribution in [2.24, 2.45) is 0 Å². The zero-order chi connectivity index (χ0) is 12.3. The van der Waals surface area contributed by atoms with Crippen LogP contribution in [-0.4, -0.2) is 39.4 Å². The van der Waals surface area contributed by atoms with Gasteiger partial charge in [0.2, 0.25) is 0 Å². The first-order chi connectivity index (χ1) is 8.26. The molecule has 92 valence electrons. The molecule has 1 amide bonds. The summed E-state index contributed by atoms with van der Waals surface area (Å²) in [6, 6.07) is 5.23. The third-order valence-electron chi connectivity index (χ3n) is 2.55. The number of epoxide rings is 1. The maximum atomic E-state index is 12.0. The molecule has 2 rings (SSSR count). The Balaban J connectivity index is 2.17. The van der Waals surface area contributed by atoms with Crippen LogP contribution in [-0.2, 0) is 4.74 Å². The van der Waals surface area contributed by atoms with Crippen molar-refractivity contribution in [3.63, 3.8) is 0 Å². The van der Waals surface area contributed by atoms with Gasteiger partial charge in [0.25, 0.3) is 5.91 Å². The fourth-order valence-corrected chi connectivity index (χ4v) is 1.56. The SMILES string of the molecule is COc1cccc(OC)c1C(=O)NC[C@H]1CO1. The molecule has 5 heteroatoms. The van der Waals surface area contributed by atoms with Crippen LogP contribution in [0.2, 0.25) is 0 Å². The first-order valence-electron chi connectivity index (χ1n) is 5.37. The summed E-state index contributed by atoms with van der Waals surface area (Å²) in [7, 11) is 3.05. The molecule has 1 atom stereocenters. The number of hydrogen-bond acceptors (Lipinski definition) is 4. The Bertz CT molecular complexity index is 393. The molecule has 1 aliphatic rings. The van der Waals surface area contributed by atoms with Gasteiger partial charge in [-0.1, -0.05) is 6.07 Å². The van der Waals surface area contributed by atoms with Gasteiger partial charge in [0.05, 0.1) is 26.9 Å². The van der Waals surface area contributed by atoms with Crippen LogP contribution in [0.25, 0.3) is 0 Å². The topological polar surface area (TPSA) is 60.1 Å². The summed E-state index contributed by atoms with van der Waals surface area (Å²) in [4.78, 5) is 12.0. The molecule has 0 aliphatic carbocycles. The highest BCUT2D eigenvalue weighted by molar-refractivity contribution is 5.99. The molecular formula is C12H15NO4. The minimum Gasteiger partial charge on any atom is -0.496 e. The van der Waals surface area contributed by atoms with Crippen molar-refractivity contribution in [2.75, 3.05) is 27.4 Å². The second kappa shape index (κ2) is 5.05. The summed E-state index contributed by atoms with van der Waals surface area (Å²) in [5.41, 5.74) is 0.415.